The monoisotopic (exact) mass is 435 g/mol. The first kappa shape index (κ1) is 20.6. The Morgan fingerprint density at radius 1 is 1.03 bits per heavy atom. The molecule has 158 valence electrons. The molecular formula is C23H21N3O4S. The van der Waals surface area contributed by atoms with Crippen molar-refractivity contribution in [3.05, 3.63) is 77.0 Å². The third kappa shape index (κ3) is 4.44. The molecule has 7 nitrogen and oxygen atoms in total. The number of hydrogen-bond donors (Lipinski definition) is 1. The Kier molecular flexibility index (Phi) is 5.99. The number of carbonyl (C=O) groups excluding carboxylic acids is 3. The molecule has 1 saturated heterocycles. The Morgan fingerprint density at radius 3 is 2.42 bits per heavy atom. The number of thiophene rings is 1. The molecule has 2 aromatic carbocycles. The molecule has 0 bridgehead atoms. The van der Waals surface area contributed by atoms with Gasteiger partial charge in [-0.1, -0.05) is 24.3 Å². The number of ether oxygens (including phenoxy) is 1. The molecule has 0 spiro atoms. The number of nitrogens with zero attached hydrogens (tertiary/aromatic N) is 2. The Morgan fingerprint density at radius 2 is 1.77 bits per heavy atom. The highest BCUT2D eigenvalue weighted by atomic mass is 32.1. The minimum absolute atomic E-state index is 0.127. The average molecular weight is 436 g/mol. The van der Waals surface area contributed by atoms with Gasteiger partial charge in [0.15, 0.2) is 0 Å². The summed E-state index contributed by atoms with van der Waals surface area (Å²) in [7, 11) is 1.55. The summed E-state index contributed by atoms with van der Waals surface area (Å²) in [6.45, 7) is 0.262. The molecule has 2 heterocycles. The number of imide groups is 1. The summed E-state index contributed by atoms with van der Waals surface area (Å²) in [4.78, 5) is 42.7. The van der Waals surface area contributed by atoms with Gasteiger partial charge in [-0.15, -0.1) is 11.3 Å². The van der Waals surface area contributed by atoms with Crippen LogP contribution in [-0.4, -0.2) is 35.9 Å². The van der Waals surface area contributed by atoms with Crippen LogP contribution < -0.4 is 15.0 Å². The Balaban J connectivity index is 1.58. The van der Waals surface area contributed by atoms with Crippen molar-refractivity contribution in [2.75, 3.05) is 17.3 Å². The van der Waals surface area contributed by atoms with Crippen LogP contribution in [0.15, 0.2) is 72.1 Å². The molecule has 0 radical (unpaired) electrons. The minimum atomic E-state index is -0.889. The van der Waals surface area contributed by atoms with Crippen molar-refractivity contribution in [1.82, 2.24) is 4.90 Å². The van der Waals surface area contributed by atoms with E-state index in [2.05, 4.69) is 5.32 Å². The summed E-state index contributed by atoms with van der Waals surface area (Å²) in [6.07, 6.45) is -0.127. The molecular weight excluding hydrogens is 414 g/mol. The topological polar surface area (TPSA) is 79.0 Å². The van der Waals surface area contributed by atoms with Crippen LogP contribution in [0.4, 0.5) is 16.2 Å². The van der Waals surface area contributed by atoms with Gasteiger partial charge in [0, 0.05) is 10.6 Å². The fraction of sp³-hybridized carbons (Fsp3) is 0.174. The van der Waals surface area contributed by atoms with E-state index in [1.54, 1.807) is 43.5 Å². The standard InChI is InChI=1S/C23H21N3O4S/c1-30-18-11-9-17(10-12-18)26-22(28)20(14-21(27)24-16-6-3-2-4-7-16)25(23(26)29)15-19-8-5-13-31-19/h2-13,20H,14-15H2,1H3,(H,24,27)/t20-/m0/s1. The maximum absolute atomic E-state index is 13.3. The van der Waals surface area contributed by atoms with E-state index < -0.39 is 18.0 Å². The van der Waals surface area contributed by atoms with Crippen molar-refractivity contribution in [3.63, 3.8) is 0 Å². The van der Waals surface area contributed by atoms with Gasteiger partial charge in [0.2, 0.25) is 5.91 Å². The van der Waals surface area contributed by atoms with Crippen LogP contribution >= 0.6 is 11.3 Å². The van der Waals surface area contributed by atoms with Crippen molar-refractivity contribution in [2.45, 2.75) is 19.0 Å². The minimum Gasteiger partial charge on any atom is -0.497 e. The summed E-state index contributed by atoms with van der Waals surface area (Å²) in [5.41, 5.74) is 1.08. The lowest BCUT2D eigenvalue weighted by molar-refractivity contribution is -0.124. The normalized spacial score (nSPS) is 16.0. The number of urea groups is 1. The van der Waals surface area contributed by atoms with E-state index in [1.165, 1.54) is 16.2 Å². The van der Waals surface area contributed by atoms with Crippen molar-refractivity contribution >= 4 is 40.6 Å². The van der Waals surface area contributed by atoms with E-state index >= 15 is 0 Å². The number of methoxy groups -OCH3 is 1. The molecule has 3 aromatic rings. The van der Waals surface area contributed by atoms with Crippen molar-refractivity contribution in [3.8, 4) is 5.75 Å². The highest BCUT2D eigenvalue weighted by molar-refractivity contribution is 7.09. The van der Waals surface area contributed by atoms with Gasteiger partial charge in [-0.25, -0.2) is 9.69 Å². The fourth-order valence-corrected chi connectivity index (χ4v) is 4.16. The van der Waals surface area contributed by atoms with Crippen LogP contribution in [-0.2, 0) is 16.1 Å². The van der Waals surface area contributed by atoms with E-state index in [1.807, 2.05) is 35.7 Å². The summed E-state index contributed by atoms with van der Waals surface area (Å²) >= 11 is 1.50. The number of rotatable bonds is 7. The third-order valence-electron chi connectivity index (χ3n) is 4.99. The van der Waals surface area contributed by atoms with Gasteiger partial charge >= 0.3 is 6.03 Å². The van der Waals surface area contributed by atoms with Crippen LogP contribution in [0.1, 0.15) is 11.3 Å². The lowest BCUT2D eigenvalue weighted by Crippen LogP contribution is -2.37. The molecule has 4 amide bonds. The Labute approximate surface area is 183 Å². The predicted octanol–water partition coefficient (Wildman–Crippen LogP) is 4.12. The van der Waals surface area contributed by atoms with Crippen LogP contribution in [0.2, 0.25) is 0 Å². The molecule has 31 heavy (non-hydrogen) atoms. The summed E-state index contributed by atoms with van der Waals surface area (Å²) in [5, 5.41) is 4.70. The molecule has 1 aromatic heterocycles. The van der Waals surface area contributed by atoms with E-state index in [0.717, 1.165) is 9.78 Å². The number of carbonyl (C=O) groups is 3. The predicted molar refractivity (Wildman–Crippen MR) is 119 cm³/mol. The van der Waals surface area contributed by atoms with Crippen LogP contribution in [0.3, 0.4) is 0 Å². The largest absolute Gasteiger partial charge is 0.497 e. The third-order valence-corrected chi connectivity index (χ3v) is 5.85. The number of nitrogens with one attached hydrogen (secondary N) is 1. The first-order valence-corrected chi connectivity index (χ1v) is 10.6. The Hall–Kier alpha value is -3.65. The van der Waals surface area contributed by atoms with Gasteiger partial charge in [-0.05, 0) is 47.8 Å². The maximum Gasteiger partial charge on any atom is 0.332 e. The van der Waals surface area contributed by atoms with Crippen LogP contribution in [0, 0.1) is 0 Å². The van der Waals surface area contributed by atoms with E-state index in [9.17, 15) is 14.4 Å². The fourth-order valence-electron chi connectivity index (χ4n) is 3.46. The summed E-state index contributed by atoms with van der Waals surface area (Å²) in [6, 6.07) is 18.2. The second-order valence-electron chi connectivity index (χ2n) is 7.00. The van der Waals surface area contributed by atoms with Gasteiger partial charge in [0.05, 0.1) is 25.8 Å². The zero-order chi connectivity index (χ0) is 21.8. The molecule has 1 fully saturated rings. The van der Waals surface area contributed by atoms with Crippen molar-refractivity contribution in [1.29, 1.82) is 0 Å². The molecule has 8 heteroatoms. The van der Waals surface area contributed by atoms with E-state index in [-0.39, 0.29) is 18.9 Å². The van der Waals surface area contributed by atoms with Crippen LogP contribution in [0.5, 0.6) is 5.75 Å². The molecule has 1 N–H and O–H groups in total. The Bertz CT molecular complexity index is 1070. The molecule has 0 aliphatic carbocycles. The van der Waals surface area contributed by atoms with E-state index in [0.29, 0.717) is 17.1 Å². The number of hydrogen-bond acceptors (Lipinski definition) is 5. The SMILES string of the molecule is COc1ccc(N2C(=O)[C@H](CC(=O)Nc3ccccc3)N(Cc3cccs3)C2=O)cc1. The number of para-hydroxylation sites is 1. The molecule has 1 aliphatic heterocycles. The zero-order valence-electron chi connectivity index (χ0n) is 16.9. The maximum atomic E-state index is 13.3. The first-order valence-electron chi connectivity index (χ1n) is 9.72. The molecule has 0 unspecified atom stereocenters. The molecule has 1 aliphatic rings. The van der Waals surface area contributed by atoms with Crippen molar-refractivity contribution < 1.29 is 19.1 Å². The van der Waals surface area contributed by atoms with Crippen molar-refractivity contribution in [2.24, 2.45) is 0 Å². The summed E-state index contributed by atoms with van der Waals surface area (Å²) in [5.74, 6) is -0.128. The number of anilines is 2. The average Bonchev–Trinajstić information content (AvgIpc) is 3.37. The zero-order valence-corrected chi connectivity index (χ0v) is 17.7. The molecule has 0 saturated carbocycles. The smallest absolute Gasteiger partial charge is 0.332 e. The van der Waals surface area contributed by atoms with Crippen LogP contribution in [0.25, 0.3) is 0 Å². The summed E-state index contributed by atoms with van der Waals surface area (Å²) < 4.78 is 5.16. The first-order chi connectivity index (χ1) is 15.1. The number of benzene rings is 2. The lowest BCUT2D eigenvalue weighted by Gasteiger charge is -2.21. The van der Waals surface area contributed by atoms with E-state index in [4.69, 9.17) is 4.74 Å². The second-order valence-corrected chi connectivity index (χ2v) is 8.03. The van der Waals surface area contributed by atoms with Gasteiger partial charge in [0.25, 0.3) is 5.91 Å². The number of amides is 4. The van der Waals surface area contributed by atoms with Gasteiger partial charge in [-0.3, -0.25) is 9.59 Å². The van der Waals surface area contributed by atoms with Gasteiger partial charge < -0.3 is 15.0 Å². The highest BCUT2D eigenvalue weighted by Crippen LogP contribution is 2.30. The quantitative estimate of drug-likeness (QED) is 0.566. The molecule has 1 atom stereocenters. The highest BCUT2D eigenvalue weighted by Gasteiger charge is 2.46. The van der Waals surface area contributed by atoms with Gasteiger partial charge in [0.1, 0.15) is 11.8 Å². The molecule has 4 rings (SSSR count). The lowest BCUT2D eigenvalue weighted by atomic mass is 10.1. The second kappa shape index (κ2) is 9.01. The van der Waals surface area contributed by atoms with Gasteiger partial charge in [-0.2, -0.15) is 0 Å².